The van der Waals surface area contributed by atoms with Crippen LogP contribution in [0.15, 0.2) is 77.9 Å². The molecule has 3 aromatic rings. The minimum absolute atomic E-state index is 0.101. The molecule has 3 aliphatic rings. The van der Waals surface area contributed by atoms with E-state index in [1.807, 2.05) is 24.3 Å². The highest BCUT2D eigenvalue weighted by Gasteiger charge is 2.57. The third kappa shape index (κ3) is 5.94. The van der Waals surface area contributed by atoms with Gasteiger partial charge in [-0.2, -0.15) is 0 Å². The number of hydrogen-bond acceptors (Lipinski definition) is 8. The van der Waals surface area contributed by atoms with Crippen molar-refractivity contribution in [2.24, 2.45) is 17.8 Å². The van der Waals surface area contributed by atoms with Gasteiger partial charge in [0.25, 0.3) is 5.69 Å². The number of imide groups is 1. The number of benzene rings is 3. The van der Waals surface area contributed by atoms with E-state index < -0.39 is 16.8 Å². The molecule has 0 unspecified atom stereocenters. The number of phenols is 1. The number of amides is 2. The molecule has 4 atom stereocenters. The van der Waals surface area contributed by atoms with Crippen LogP contribution >= 0.6 is 22.6 Å². The number of carbonyl (C=O) groups is 2. The van der Waals surface area contributed by atoms with Crippen LogP contribution in [0.3, 0.4) is 0 Å². The molecule has 0 bridgehead atoms. The maximum absolute atomic E-state index is 13.9. The second-order valence-electron chi connectivity index (χ2n) is 11.7. The zero-order valence-electron chi connectivity index (χ0n) is 25.4. The molecule has 0 saturated carbocycles. The van der Waals surface area contributed by atoms with Gasteiger partial charge in [0.05, 0.1) is 52.4 Å². The SMILES string of the molecule is COCC1=C2[C@@H](CC/C(=C/c3cc(I)c(O)c(OC)c3)c3ccccc3)OC[C@@H]2[C@@H]2C(=O)N(c3cccc([N+](=O)[O-])c3)C(=O)[C@@H]2C1. The summed E-state index contributed by atoms with van der Waals surface area (Å²) in [4.78, 5) is 39.6. The number of methoxy groups -OCH3 is 2. The minimum Gasteiger partial charge on any atom is -0.504 e. The zero-order valence-corrected chi connectivity index (χ0v) is 27.5. The van der Waals surface area contributed by atoms with Crippen LogP contribution < -0.4 is 9.64 Å². The molecule has 0 spiro atoms. The van der Waals surface area contributed by atoms with E-state index in [4.69, 9.17) is 14.2 Å². The Kier molecular flexibility index (Phi) is 9.25. The molecule has 0 aromatic heterocycles. The molecule has 1 aliphatic carbocycles. The Morgan fingerprint density at radius 1 is 1.09 bits per heavy atom. The van der Waals surface area contributed by atoms with Gasteiger partial charge in [-0.1, -0.05) is 42.5 Å². The normalized spacial score (nSPS) is 22.7. The molecule has 2 aliphatic heterocycles. The first-order chi connectivity index (χ1) is 22.2. The number of aromatic hydroxyl groups is 1. The molecule has 238 valence electrons. The number of hydrogen-bond donors (Lipinski definition) is 1. The maximum Gasteiger partial charge on any atom is 0.271 e. The lowest BCUT2D eigenvalue weighted by Crippen LogP contribution is -2.35. The number of ether oxygens (including phenoxy) is 3. The Morgan fingerprint density at radius 3 is 2.59 bits per heavy atom. The second kappa shape index (κ2) is 13.3. The van der Waals surface area contributed by atoms with Crippen molar-refractivity contribution >= 4 is 57.4 Å². The number of nitrogens with zero attached hydrogens (tertiary/aromatic N) is 2. The topological polar surface area (TPSA) is 128 Å². The van der Waals surface area contributed by atoms with Gasteiger partial charge in [0, 0.05) is 25.2 Å². The van der Waals surface area contributed by atoms with Crippen molar-refractivity contribution in [3.8, 4) is 11.5 Å². The number of anilines is 1. The highest BCUT2D eigenvalue weighted by atomic mass is 127. The minimum atomic E-state index is -0.608. The Bertz CT molecular complexity index is 1750. The molecule has 11 heteroatoms. The predicted octanol–water partition coefficient (Wildman–Crippen LogP) is 6.40. The van der Waals surface area contributed by atoms with Gasteiger partial charge in [-0.05, 0) is 87.9 Å². The molecule has 2 fully saturated rings. The van der Waals surface area contributed by atoms with E-state index in [1.54, 1.807) is 19.2 Å². The van der Waals surface area contributed by atoms with Crippen molar-refractivity contribution in [3.63, 3.8) is 0 Å². The number of nitro benzene ring substituents is 1. The number of non-ortho nitro benzene ring substituents is 1. The van der Waals surface area contributed by atoms with E-state index in [1.165, 1.54) is 25.3 Å². The molecule has 10 nitrogen and oxygen atoms in total. The van der Waals surface area contributed by atoms with Gasteiger partial charge in [-0.25, -0.2) is 4.90 Å². The largest absolute Gasteiger partial charge is 0.504 e. The summed E-state index contributed by atoms with van der Waals surface area (Å²) >= 11 is 2.09. The van der Waals surface area contributed by atoms with E-state index in [-0.39, 0.29) is 41.0 Å². The van der Waals surface area contributed by atoms with Crippen LogP contribution in [0.5, 0.6) is 11.5 Å². The molecule has 1 N–H and O–H groups in total. The predicted molar refractivity (Wildman–Crippen MR) is 180 cm³/mol. The fraction of sp³-hybridized carbons (Fsp3) is 0.314. The summed E-state index contributed by atoms with van der Waals surface area (Å²) in [7, 11) is 3.14. The molecule has 3 aromatic carbocycles. The van der Waals surface area contributed by atoms with Gasteiger partial charge in [0.2, 0.25) is 11.8 Å². The van der Waals surface area contributed by atoms with Gasteiger partial charge in [0.15, 0.2) is 11.5 Å². The number of halogens is 1. The highest BCUT2D eigenvalue weighted by Crippen LogP contribution is 2.51. The van der Waals surface area contributed by atoms with E-state index in [0.29, 0.717) is 41.8 Å². The first-order valence-corrected chi connectivity index (χ1v) is 16.1. The number of phenolic OH excluding ortho intramolecular Hbond substituents is 1. The third-order valence-electron chi connectivity index (χ3n) is 9.06. The van der Waals surface area contributed by atoms with Crippen molar-refractivity contribution in [2.45, 2.75) is 25.4 Å². The Labute approximate surface area is 279 Å². The van der Waals surface area contributed by atoms with Crippen molar-refractivity contribution in [1.82, 2.24) is 0 Å². The summed E-state index contributed by atoms with van der Waals surface area (Å²) < 4.78 is 18.0. The smallest absolute Gasteiger partial charge is 0.271 e. The van der Waals surface area contributed by atoms with Crippen LogP contribution in [-0.2, 0) is 19.1 Å². The molecule has 2 saturated heterocycles. The van der Waals surface area contributed by atoms with Gasteiger partial charge in [-0.15, -0.1) is 0 Å². The summed E-state index contributed by atoms with van der Waals surface area (Å²) in [5, 5.41) is 21.8. The van der Waals surface area contributed by atoms with Crippen molar-refractivity contribution in [3.05, 3.63) is 103 Å². The standard InChI is InChI=1S/C35H33IN2O8/c1-44-18-23-16-26-32(35(41)37(34(26)40)24-9-6-10-25(17-24)38(42)43)27-19-46-29(31(23)27)12-11-22(21-7-4-3-5-8-21)13-20-14-28(36)33(39)30(15-20)45-2/h3-10,13-15,17,26-27,29,32,39H,11-12,16,18-19H2,1-2H3/b22-13-/t26-,27+,29-,32-/m1/s1. The third-order valence-corrected chi connectivity index (χ3v) is 9.88. The van der Waals surface area contributed by atoms with Gasteiger partial charge in [0.1, 0.15) is 0 Å². The maximum atomic E-state index is 13.9. The molecule has 46 heavy (non-hydrogen) atoms. The summed E-state index contributed by atoms with van der Waals surface area (Å²) in [6, 6.07) is 19.4. The Morgan fingerprint density at radius 2 is 1.87 bits per heavy atom. The summed E-state index contributed by atoms with van der Waals surface area (Å²) in [6.45, 7) is 0.619. The van der Waals surface area contributed by atoms with Crippen LogP contribution in [0, 0.1) is 31.4 Å². The molecule has 6 rings (SSSR count). The average molecular weight is 737 g/mol. The van der Waals surface area contributed by atoms with Crippen LogP contribution in [0.2, 0.25) is 0 Å². The number of allylic oxidation sites excluding steroid dienone is 1. The molecular weight excluding hydrogens is 703 g/mol. The monoisotopic (exact) mass is 736 g/mol. The summed E-state index contributed by atoms with van der Waals surface area (Å²) in [5.74, 6) is -1.68. The zero-order chi connectivity index (χ0) is 32.5. The van der Waals surface area contributed by atoms with Crippen LogP contribution in [0.4, 0.5) is 11.4 Å². The molecule has 2 amide bonds. The van der Waals surface area contributed by atoms with Crippen molar-refractivity contribution < 1.29 is 33.8 Å². The lowest BCUT2D eigenvalue weighted by atomic mass is 9.69. The van der Waals surface area contributed by atoms with Crippen LogP contribution in [-0.4, -0.2) is 55.4 Å². The fourth-order valence-corrected chi connectivity index (χ4v) is 7.68. The van der Waals surface area contributed by atoms with Gasteiger partial charge < -0.3 is 19.3 Å². The number of nitro groups is 1. The van der Waals surface area contributed by atoms with Gasteiger partial charge in [-0.3, -0.25) is 19.7 Å². The number of fused-ring (bicyclic) bond motifs is 3. The van der Waals surface area contributed by atoms with Crippen LogP contribution in [0.1, 0.15) is 30.4 Å². The lowest BCUT2D eigenvalue weighted by Gasteiger charge is -2.31. The number of rotatable bonds is 10. The lowest BCUT2D eigenvalue weighted by molar-refractivity contribution is -0.384. The second-order valence-corrected chi connectivity index (χ2v) is 12.8. The van der Waals surface area contributed by atoms with Crippen molar-refractivity contribution in [2.75, 3.05) is 32.3 Å². The molecular formula is C35H33IN2O8. The molecule has 0 radical (unpaired) electrons. The summed E-state index contributed by atoms with van der Waals surface area (Å²) in [5.41, 5.74) is 5.04. The van der Waals surface area contributed by atoms with Crippen molar-refractivity contribution in [1.29, 1.82) is 0 Å². The van der Waals surface area contributed by atoms with E-state index in [0.717, 1.165) is 32.7 Å². The van der Waals surface area contributed by atoms with Crippen LogP contribution in [0.25, 0.3) is 11.6 Å². The fourth-order valence-electron chi connectivity index (χ4n) is 7.05. The molecule has 2 heterocycles. The van der Waals surface area contributed by atoms with Gasteiger partial charge >= 0.3 is 0 Å². The first-order valence-electron chi connectivity index (χ1n) is 15.0. The first kappa shape index (κ1) is 31.9. The Balaban J connectivity index is 1.29. The summed E-state index contributed by atoms with van der Waals surface area (Å²) in [6.07, 6.45) is 3.48. The number of carbonyl (C=O) groups excluding carboxylic acids is 2. The quantitative estimate of drug-likeness (QED) is 0.0633. The average Bonchev–Trinajstić information content (AvgIpc) is 3.59. The Hall–Kier alpha value is -4.07. The van der Waals surface area contributed by atoms with E-state index >= 15 is 0 Å². The van der Waals surface area contributed by atoms with E-state index in [9.17, 15) is 24.8 Å². The highest BCUT2D eigenvalue weighted by molar-refractivity contribution is 14.1. The van der Waals surface area contributed by atoms with E-state index in [2.05, 4.69) is 40.8 Å².